The lowest BCUT2D eigenvalue weighted by Crippen LogP contribution is -2.16. The molecular weight excluding hydrogens is 608 g/mol. The molecule has 15 heteroatoms. The normalized spacial score (nSPS) is 12.0. The Morgan fingerprint density at radius 1 is 1.05 bits per heavy atom. The summed E-state index contributed by atoms with van der Waals surface area (Å²) in [6, 6.07) is 13.3. The quantitative estimate of drug-likeness (QED) is 0.222. The number of nitrogens with two attached hydrogens (primary N) is 1. The van der Waals surface area contributed by atoms with E-state index in [0.717, 1.165) is 24.5 Å². The number of aliphatic hydroxyl groups excluding tert-OH is 1. The SMILES string of the molecule is Cc1nc(-c2ccc(OC(F)(F)F)cc2)c(-c2cc(-c3cc(F)c(CO)c(S(C)(=O)=O)c3)ccc2-n2ccc(C(N)=O)n2)o1. The highest BCUT2D eigenvalue weighted by atomic mass is 32.2. The van der Waals surface area contributed by atoms with Gasteiger partial charge in [0.1, 0.15) is 23.0 Å². The maximum Gasteiger partial charge on any atom is 0.573 e. The maximum atomic E-state index is 15.0. The van der Waals surface area contributed by atoms with Gasteiger partial charge in [-0.05, 0) is 65.7 Å². The Hall–Kier alpha value is -5.02. The van der Waals surface area contributed by atoms with Gasteiger partial charge < -0.3 is 20.0 Å². The molecule has 0 unspecified atom stereocenters. The number of carbonyl (C=O) groups excluding carboxylic acids is 1. The van der Waals surface area contributed by atoms with Crippen molar-refractivity contribution in [1.29, 1.82) is 0 Å². The van der Waals surface area contributed by atoms with E-state index in [0.29, 0.717) is 22.4 Å². The van der Waals surface area contributed by atoms with Crippen molar-refractivity contribution in [3.05, 3.63) is 89.8 Å². The minimum Gasteiger partial charge on any atom is -0.440 e. The molecule has 0 saturated heterocycles. The Bertz CT molecular complexity index is 2000. The van der Waals surface area contributed by atoms with E-state index < -0.39 is 45.2 Å². The molecule has 0 aliphatic heterocycles. The number of aliphatic hydroxyl groups is 1. The number of nitrogens with zero attached hydrogens (tertiary/aromatic N) is 3. The van der Waals surface area contributed by atoms with E-state index in [1.165, 1.54) is 35.1 Å². The molecule has 10 nitrogen and oxygen atoms in total. The summed E-state index contributed by atoms with van der Waals surface area (Å²) in [6.07, 6.45) is -2.53. The number of sulfone groups is 1. The second-order valence-electron chi connectivity index (χ2n) is 9.59. The van der Waals surface area contributed by atoms with Crippen LogP contribution in [0.5, 0.6) is 5.75 Å². The Morgan fingerprint density at radius 2 is 1.73 bits per heavy atom. The minimum absolute atomic E-state index is 0.0475. The number of alkyl halides is 3. The third kappa shape index (κ3) is 6.18. The fourth-order valence-electron chi connectivity index (χ4n) is 4.57. The number of benzene rings is 3. The Labute approximate surface area is 247 Å². The predicted octanol–water partition coefficient (Wildman–Crippen LogP) is 5.20. The van der Waals surface area contributed by atoms with Gasteiger partial charge in [0.15, 0.2) is 21.5 Å². The van der Waals surface area contributed by atoms with Crippen LogP contribution in [0, 0.1) is 12.7 Å². The van der Waals surface area contributed by atoms with Gasteiger partial charge in [-0.25, -0.2) is 22.5 Å². The molecule has 5 rings (SSSR count). The average Bonchev–Trinajstić information content (AvgIpc) is 3.59. The molecule has 5 aromatic rings. The zero-order valence-electron chi connectivity index (χ0n) is 22.9. The summed E-state index contributed by atoms with van der Waals surface area (Å²) in [5.74, 6) is -1.84. The van der Waals surface area contributed by atoms with Gasteiger partial charge in [-0.1, -0.05) is 6.07 Å². The van der Waals surface area contributed by atoms with Crippen LogP contribution in [0.25, 0.3) is 39.4 Å². The van der Waals surface area contributed by atoms with E-state index in [1.807, 2.05) is 0 Å². The molecule has 3 aromatic carbocycles. The molecule has 0 bridgehead atoms. The number of ether oxygens (including phenoxy) is 1. The van der Waals surface area contributed by atoms with Gasteiger partial charge >= 0.3 is 6.36 Å². The van der Waals surface area contributed by atoms with Gasteiger partial charge in [-0.3, -0.25) is 4.79 Å². The van der Waals surface area contributed by atoms with E-state index in [1.54, 1.807) is 25.1 Å². The predicted molar refractivity (Wildman–Crippen MR) is 149 cm³/mol. The van der Waals surface area contributed by atoms with Crippen molar-refractivity contribution in [2.45, 2.75) is 24.8 Å². The maximum absolute atomic E-state index is 15.0. The van der Waals surface area contributed by atoms with E-state index in [-0.39, 0.29) is 34.2 Å². The first-order valence-corrected chi connectivity index (χ1v) is 14.5. The lowest BCUT2D eigenvalue weighted by Gasteiger charge is -2.14. The van der Waals surface area contributed by atoms with E-state index in [9.17, 15) is 31.5 Å². The second kappa shape index (κ2) is 11.2. The van der Waals surface area contributed by atoms with Crippen LogP contribution < -0.4 is 10.5 Å². The van der Waals surface area contributed by atoms with Crippen molar-refractivity contribution in [3.8, 4) is 45.1 Å². The van der Waals surface area contributed by atoms with Gasteiger partial charge in [0.2, 0.25) is 0 Å². The van der Waals surface area contributed by atoms with Crippen LogP contribution in [0.2, 0.25) is 0 Å². The molecular formula is C29H22F4N4O6S. The molecule has 2 heterocycles. The molecule has 0 atom stereocenters. The standard InChI is InChI=1S/C29H22F4N4O6S/c1-15-35-26(16-3-6-19(7-4-16)43-29(31,32)33)27(42-15)20-11-17(5-8-24(20)37-10-9-23(36-37)28(34)39)18-12-22(30)21(14-38)25(13-18)44(2,40)41/h3-13,38H,14H2,1-2H3,(H2,34,39). The fourth-order valence-corrected chi connectivity index (χ4v) is 5.52. The highest BCUT2D eigenvalue weighted by molar-refractivity contribution is 7.90. The number of amides is 1. The Morgan fingerprint density at radius 3 is 2.32 bits per heavy atom. The highest BCUT2D eigenvalue weighted by Crippen LogP contribution is 2.39. The summed E-state index contributed by atoms with van der Waals surface area (Å²) in [4.78, 5) is 15.8. The monoisotopic (exact) mass is 630 g/mol. The molecule has 0 spiro atoms. The van der Waals surface area contributed by atoms with E-state index in [2.05, 4.69) is 14.8 Å². The van der Waals surface area contributed by atoms with Gasteiger partial charge in [0.25, 0.3) is 5.91 Å². The van der Waals surface area contributed by atoms with E-state index in [4.69, 9.17) is 10.2 Å². The van der Waals surface area contributed by atoms with Crippen molar-refractivity contribution in [1.82, 2.24) is 14.8 Å². The van der Waals surface area contributed by atoms with Crippen LogP contribution in [0.3, 0.4) is 0 Å². The lowest BCUT2D eigenvalue weighted by molar-refractivity contribution is -0.274. The van der Waals surface area contributed by atoms with Crippen molar-refractivity contribution in [2.24, 2.45) is 5.73 Å². The first kappa shape index (κ1) is 30.4. The molecule has 3 N–H and O–H groups in total. The Balaban J connectivity index is 1.72. The third-order valence-electron chi connectivity index (χ3n) is 6.47. The zero-order chi connectivity index (χ0) is 32.0. The summed E-state index contributed by atoms with van der Waals surface area (Å²) in [6.45, 7) is 0.714. The summed E-state index contributed by atoms with van der Waals surface area (Å²) >= 11 is 0. The molecule has 0 saturated carbocycles. The third-order valence-corrected chi connectivity index (χ3v) is 7.63. The zero-order valence-corrected chi connectivity index (χ0v) is 23.7. The lowest BCUT2D eigenvalue weighted by atomic mass is 9.97. The Kier molecular flexibility index (Phi) is 7.77. The van der Waals surface area contributed by atoms with Crippen LogP contribution in [0.4, 0.5) is 17.6 Å². The molecule has 44 heavy (non-hydrogen) atoms. The van der Waals surface area contributed by atoms with Crippen LogP contribution in [-0.2, 0) is 16.4 Å². The van der Waals surface area contributed by atoms with Gasteiger partial charge in [-0.15, -0.1) is 13.2 Å². The molecule has 1 amide bonds. The average molecular weight is 631 g/mol. The van der Waals surface area contributed by atoms with Crippen LogP contribution in [-0.4, -0.2) is 46.8 Å². The van der Waals surface area contributed by atoms with Crippen LogP contribution >= 0.6 is 0 Å². The molecule has 2 aromatic heterocycles. The van der Waals surface area contributed by atoms with Crippen molar-refractivity contribution < 1.29 is 45.0 Å². The smallest absolute Gasteiger partial charge is 0.440 e. The number of carbonyl (C=O) groups is 1. The largest absolute Gasteiger partial charge is 0.573 e. The fraction of sp³-hybridized carbons (Fsp3) is 0.138. The number of aryl methyl sites for hydroxylation is 1. The second-order valence-corrected chi connectivity index (χ2v) is 11.6. The van der Waals surface area contributed by atoms with Gasteiger partial charge in [-0.2, -0.15) is 5.10 Å². The van der Waals surface area contributed by atoms with Crippen LogP contribution in [0.1, 0.15) is 21.9 Å². The van der Waals surface area contributed by atoms with Crippen LogP contribution in [0.15, 0.2) is 76.2 Å². The molecule has 0 fully saturated rings. The van der Waals surface area contributed by atoms with Crippen molar-refractivity contribution in [2.75, 3.05) is 6.26 Å². The summed E-state index contributed by atoms with van der Waals surface area (Å²) < 4.78 is 89.1. The number of rotatable bonds is 8. The van der Waals surface area contributed by atoms with Gasteiger partial charge in [0, 0.05) is 36.1 Å². The molecule has 0 aliphatic rings. The summed E-state index contributed by atoms with van der Waals surface area (Å²) in [7, 11) is -3.94. The number of primary amides is 1. The number of oxazole rings is 1. The first-order chi connectivity index (χ1) is 20.6. The van der Waals surface area contributed by atoms with Crippen molar-refractivity contribution >= 4 is 15.7 Å². The molecule has 228 valence electrons. The number of hydrogen-bond donors (Lipinski definition) is 2. The number of hydrogen-bond acceptors (Lipinski definition) is 8. The van der Waals surface area contributed by atoms with Gasteiger partial charge in [0.05, 0.1) is 17.2 Å². The van der Waals surface area contributed by atoms with Crippen molar-refractivity contribution in [3.63, 3.8) is 0 Å². The minimum atomic E-state index is -4.88. The topological polar surface area (TPSA) is 151 Å². The summed E-state index contributed by atoms with van der Waals surface area (Å²) in [5.41, 5.74) is 6.63. The number of aromatic nitrogens is 3. The molecule has 0 radical (unpaired) electrons. The number of halogens is 4. The summed E-state index contributed by atoms with van der Waals surface area (Å²) in [5, 5.41) is 13.8. The van der Waals surface area contributed by atoms with E-state index >= 15 is 4.39 Å². The molecule has 0 aliphatic carbocycles. The first-order valence-electron chi connectivity index (χ1n) is 12.6. The highest BCUT2D eigenvalue weighted by Gasteiger charge is 2.31.